The second-order valence-electron chi connectivity index (χ2n) is 9.31. The fourth-order valence-corrected chi connectivity index (χ4v) is 5.35. The molecule has 0 aliphatic carbocycles. The van der Waals surface area contributed by atoms with Crippen molar-refractivity contribution in [3.8, 4) is 0 Å². The van der Waals surface area contributed by atoms with Crippen molar-refractivity contribution in [3.63, 3.8) is 0 Å². The van der Waals surface area contributed by atoms with Crippen LogP contribution in [0.25, 0.3) is 0 Å². The maximum absolute atomic E-state index is 12.7. The van der Waals surface area contributed by atoms with Gasteiger partial charge in [-0.25, -0.2) is 4.98 Å². The minimum atomic E-state index is 0.284. The second kappa shape index (κ2) is 10.1. The van der Waals surface area contributed by atoms with Gasteiger partial charge in [0.05, 0.1) is 0 Å². The number of hydrogen-bond acceptors (Lipinski definition) is 4. The summed E-state index contributed by atoms with van der Waals surface area (Å²) in [7, 11) is 0. The molecule has 0 radical (unpaired) electrons. The molecule has 0 saturated carbocycles. The summed E-state index contributed by atoms with van der Waals surface area (Å²) in [4.78, 5) is 28.0. The number of aromatic nitrogens is 2. The molecule has 162 valence electrons. The number of hydrogen-bond donors (Lipinski definition) is 1. The lowest BCUT2D eigenvalue weighted by Crippen LogP contribution is -2.49. The largest absolute Gasteiger partial charge is 0.345 e. The molecule has 1 aromatic heterocycles. The van der Waals surface area contributed by atoms with Gasteiger partial charge < -0.3 is 14.8 Å². The lowest BCUT2D eigenvalue weighted by atomic mass is 9.92. The molecule has 0 atom stereocenters. The van der Waals surface area contributed by atoms with Crippen molar-refractivity contribution in [2.24, 2.45) is 5.92 Å². The first-order valence-corrected chi connectivity index (χ1v) is 12.0. The van der Waals surface area contributed by atoms with Gasteiger partial charge in [-0.15, -0.1) is 0 Å². The predicted molar refractivity (Wildman–Crippen MR) is 116 cm³/mol. The van der Waals surface area contributed by atoms with Gasteiger partial charge in [0.2, 0.25) is 5.91 Å². The van der Waals surface area contributed by atoms with Gasteiger partial charge >= 0.3 is 0 Å². The van der Waals surface area contributed by atoms with Crippen LogP contribution in [0.4, 0.5) is 0 Å². The summed E-state index contributed by atoms with van der Waals surface area (Å²) < 4.78 is 0. The molecule has 6 nitrogen and oxygen atoms in total. The second-order valence-corrected chi connectivity index (χ2v) is 9.31. The van der Waals surface area contributed by atoms with E-state index in [1.54, 1.807) is 0 Å². The highest BCUT2D eigenvalue weighted by Crippen LogP contribution is 2.26. The van der Waals surface area contributed by atoms with Crippen LogP contribution in [0.15, 0.2) is 6.20 Å². The van der Waals surface area contributed by atoms with E-state index >= 15 is 0 Å². The smallest absolute Gasteiger partial charge is 0.225 e. The minimum Gasteiger partial charge on any atom is -0.345 e. The molecular weight excluding hydrogens is 362 g/mol. The van der Waals surface area contributed by atoms with Crippen molar-refractivity contribution in [2.75, 3.05) is 39.3 Å². The zero-order valence-corrected chi connectivity index (χ0v) is 18.2. The summed E-state index contributed by atoms with van der Waals surface area (Å²) in [5, 5.41) is 0. The Balaban J connectivity index is 1.17. The zero-order valence-electron chi connectivity index (χ0n) is 18.2. The summed E-state index contributed by atoms with van der Waals surface area (Å²) in [5.41, 5.74) is 1.26. The van der Waals surface area contributed by atoms with Crippen LogP contribution in [0.3, 0.4) is 0 Å². The number of amides is 1. The number of piperidine rings is 2. The maximum Gasteiger partial charge on any atom is 0.225 e. The molecule has 3 fully saturated rings. The number of aromatic amines is 1. The Morgan fingerprint density at radius 1 is 1.07 bits per heavy atom. The van der Waals surface area contributed by atoms with Crippen molar-refractivity contribution in [1.29, 1.82) is 0 Å². The monoisotopic (exact) mass is 401 g/mol. The molecule has 3 aliphatic heterocycles. The lowest BCUT2D eigenvalue weighted by Gasteiger charge is -2.41. The average molecular weight is 402 g/mol. The van der Waals surface area contributed by atoms with Gasteiger partial charge in [-0.3, -0.25) is 9.69 Å². The third-order valence-electron chi connectivity index (χ3n) is 7.21. The molecule has 3 saturated heterocycles. The number of nitrogens with one attached hydrogen (secondary N) is 1. The molecule has 1 N–H and O–H groups in total. The fraction of sp³-hybridized carbons (Fsp3) is 0.826. The Hall–Kier alpha value is -1.40. The quantitative estimate of drug-likeness (QED) is 0.763. The van der Waals surface area contributed by atoms with E-state index < -0.39 is 0 Å². The van der Waals surface area contributed by atoms with Crippen LogP contribution in [-0.4, -0.2) is 75.9 Å². The number of imidazole rings is 1. The Labute approximate surface area is 176 Å². The van der Waals surface area contributed by atoms with Crippen molar-refractivity contribution < 1.29 is 4.79 Å². The van der Waals surface area contributed by atoms with E-state index in [0.29, 0.717) is 11.9 Å². The van der Waals surface area contributed by atoms with E-state index in [1.807, 2.05) is 6.20 Å². The topological polar surface area (TPSA) is 55.5 Å². The van der Waals surface area contributed by atoms with Gasteiger partial charge in [0.15, 0.2) is 0 Å². The SMILES string of the molecule is CCCCc1ncc(CN2CCC(N3CCC(C(=O)N4CCCC4)CC3)CC2)[nH]1. The van der Waals surface area contributed by atoms with Crippen LogP contribution < -0.4 is 0 Å². The molecule has 1 amide bonds. The molecule has 1 aromatic rings. The van der Waals surface area contributed by atoms with Crippen LogP contribution in [0.5, 0.6) is 0 Å². The molecule has 0 spiro atoms. The molecular formula is C23H39N5O. The summed E-state index contributed by atoms with van der Waals surface area (Å²) in [6.07, 6.45) is 12.5. The normalized spacial score (nSPS) is 23.1. The lowest BCUT2D eigenvalue weighted by molar-refractivity contribution is -0.136. The highest BCUT2D eigenvalue weighted by atomic mass is 16.2. The van der Waals surface area contributed by atoms with Crippen molar-refractivity contribution in [3.05, 3.63) is 17.7 Å². The Morgan fingerprint density at radius 2 is 1.79 bits per heavy atom. The van der Waals surface area contributed by atoms with E-state index in [9.17, 15) is 4.79 Å². The van der Waals surface area contributed by atoms with Crippen molar-refractivity contribution >= 4 is 5.91 Å². The Kier molecular flexibility index (Phi) is 7.24. The molecule has 0 bridgehead atoms. The van der Waals surface area contributed by atoms with Crippen LogP contribution in [0, 0.1) is 5.92 Å². The molecule has 6 heteroatoms. The predicted octanol–water partition coefficient (Wildman–Crippen LogP) is 3.05. The number of nitrogens with zero attached hydrogens (tertiary/aromatic N) is 4. The Bertz CT molecular complexity index is 637. The molecule has 0 unspecified atom stereocenters. The minimum absolute atomic E-state index is 0.284. The number of unbranched alkanes of at least 4 members (excludes halogenated alkanes) is 1. The van der Waals surface area contributed by atoms with Crippen molar-refractivity contribution in [1.82, 2.24) is 24.7 Å². The first-order valence-electron chi connectivity index (χ1n) is 12.0. The molecule has 3 aliphatic rings. The first-order chi connectivity index (χ1) is 14.2. The van der Waals surface area contributed by atoms with Gasteiger partial charge in [0, 0.05) is 63.0 Å². The maximum atomic E-state index is 12.7. The van der Waals surface area contributed by atoms with Gasteiger partial charge in [0.25, 0.3) is 0 Å². The van der Waals surface area contributed by atoms with E-state index in [2.05, 4.69) is 31.6 Å². The first kappa shape index (κ1) is 20.9. The number of rotatable bonds is 7. The molecule has 0 aromatic carbocycles. The highest BCUT2D eigenvalue weighted by Gasteiger charge is 2.33. The molecule has 4 heterocycles. The number of H-pyrrole nitrogens is 1. The van der Waals surface area contributed by atoms with Crippen LogP contribution in [0.1, 0.15) is 69.8 Å². The number of likely N-dealkylation sites (tertiary alicyclic amines) is 3. The number of aryl methyl sites for hydroxylation is 1. The van der Waals surface area contributed by atoms with E-state index in [1.165, 1.54) is 57.3 Å². The van der Waals surface area contributed by atoms with Gasteiger partial charge in [-0.05, 0) is 58.0 Å². The van der Waals surface area contributed by atoms with Crippen LogP contribution in [0.2, 0.25) is 0 Å². The van der Waals surface area contributed by atoms with Crippen LogP contribution in [-0.2, 0) is 17.8 Å². The summed E-state index contributed by atoms with van der Waals surface area (Å²) >= 11 is 0. The zero-order chi connectivity index (χ0) is 20.1. The summed E-state index contributed by atoms with van der Waals surface area (Å²) in [5.74, 6) is 1.87. The third-order valence-corrected chi connectivity index (χ3v) is 7.21. The van der Waals surface area contributed by atoms with E-state index in [0.717, 1.165) is 57.8 Å². The third kappa shape index (κ3) is 5.40. The fourth-order valence-electron chi connectivity index (χ4n) is 5.35. The van der Waals surface area contributed by atoms with Crippen LogP contribution >= 0.6 is 0 Å². The Morgan fingerprint density at radius 3 is 2.48 bits per heavy atom. The number of carbonyl (C=O) groups is 1. The highest BCUT2D eigenvalue weighted by molar-refractivity contribution is 5.79. The van der Waals surface area contributed by atoms with Gasteiger partial charge in [-0.2, -0.15) is 0 Å². The molecule has 4 rings (SSSR count). The summed E-state index contributed by atoms with van der Waals surface area (Å²) in [6, 6.07) is 0.705. The standard InChI is InChI=1S/C23H39N5O/c1-2-3-6-22-24-17-20(25-22)18-26-13-9-21(10-14-26)27-15-7-19(8-16-27)23(29)28-11-4-5-12-28/h17,19,21H,2-16,18H2,1H3,(H,24,25). The van der Waals surface area contributed by atoms with Crippen molar-refractivity contribution in [2.45, 2.75) is 77.3 Å². The molecule has 29 heavy (non-hydrogen) atoms. The number of carbonyl (C=O) groups excluding carboxylic acids is 1. The van der Waals surface area contributed by atoms with E-state index in [-0.39, 0.29) is 5.92 Å². The van der Waals surface area contributed by atoms with Gasteiger partial charge in [-0.1, -0.05) is 13.3 Å². The average Bonchev–Trinajstić information content (AvgIpc) is 3.45. The van der Waals surface area contributed by atoms with Gasteiger partial charge in [0.1, 0.15) is 5.82 Å². The van der Waals surface area contributed by atoms with E-state index in [4.69, 9.17) is 0 Å². The summed E-state index contributed by atoms with van der Waals surface area (Å²) in [6.45, 7) is 9.76.